The number of benzene rings is 1. The molecule has 0 heterocycles. The molecule has 1 aromatic carbocycles. The predicted molar refractivity (Wildman–Crippen MR) is 89.3 cm³/mol. The van der Waals surface area contributed by atoms with Gasteiger partial charge in [-0.25, -0.2) is 8.42 Å². The molecule has 0 atom stereocenters. The van der Waals surface area contributed by atoms with Gasteiger partial charge < -0.3 is 0 Å². The van der Waals surface area contributed by atoms with Crippen LogP contribution in [0.15, 0.2) is 29.2 Å². The van der Waals surface area contributed by atoms with Crippen LogP contribution in [0.1, 0.15) is 52.4 Å². The number of nitrogens with zero attached hydrogens (tertiary/aromatic N) is 1. The van der Waals surface area contributed by atoms with Crippen molar-refractivity contribution in [2.24, 2.45) is 0 Å². The Balaban J connectivity index is 2.55. The van der Waals surface area contributed by atoms with Crippen LogP contribution in [0.25, 0.3) is 0 Å². The molecular weight excluding hydrogens is 306 g/mol. The van der Waals surface area contributed by atoms with Crippen molar-refractivity contribution in [1.29, 1.82) is 0 Å². The summed E-state index contributed by atoms with van der Waals surface area (Å²) in [6, 6.07) is 6.38. The van der Waals surface area contributed by atoms with Gasteiger partial charge in [-0.2, -0.15) is 4.31 Å². The maximum absolute atomic E-state index is 12.5. The number of rotatable bonds is 10. The van der Waals surface area contributed by atoms with Crippen LogP contribution < -0.4 is 0 Å². The average Bonchev–Trinajstić information content (AvgIpc) is 2.46. The molecule has 3 nitrogen and oxygen atoms in total. The van der Waals surface area contributed by atoms with Crippen LogP contribution in [0, 0.1) is 0 Å². The smallest absolute Gasteiger partial charge is 0.207 e. The molecule has 0 aliphatic rings. The summed E-state index contributed by atoms with van der Waals surface area (Å²) in [7, 11) is -3.39. The van der Waals surface area contributed by atoms with Crippen LogP contribution in [0.5, 0.6) is 0 Å². The van der Waals surface area contributed by atoms with Gasteiger partial charge in [0.05, 0.1) is 4.90 Å². The maximum Gasteiger partial charge on any atom is 0.243 e. The Kier molecular flexibility index (Phi) is 8.30. The third kappa shape index (κ3) is 5.97. The minimum Gasteiger partial charge on any atom is -0.207 e. The van der Waals surface area contributed by atoms with Gasteiger partial charge >= 0.3 is 0 Å². The van der Waals surface area contributed by atoms with Crippen LogP contribution in [0.2, 0.25) is 5.02 Å². The highest BCUT2D eigenvalue weighted by Gasteiger charge is 2.22. The van der Waals surface area contributed by atoms with Gasteiger partial charge in [0.1, 0.15) is 0 Å². The number of unbranched alkanes of at least 4 members (excludes halogenated alkanes) is 5. The molecule has 0 aliphatic carbocycles. The first kappa shape index (κ1) is 18.5. The normalized spacial score (nSPS) is 12.0. The standard InChI is InChI=1S/C16H26ClNO2S/c1-3-5-6-7-8-9-14-18(4-2)21(19,20)16-12-10-15(17)11-13-16/h10-13H,3-9,14H2,1-2H3. The fourth-order valence-electron chi connectivity index (χ4n) is 2.27. The van der Waals surface area contributed by atoms with Crippen molar-refractivity contribution in [2.75, 3.05) is 13.1 Å². The van der Waals surface area contributed by atoms with Gasteiger partial charge in [-0.3, -0.25) is 0 Å². The van der Waals surface area contributed by atoms with Crippen molar-refractivity contribution < 1.29 is 8.42 Å². The fourth-order valence-corrected chi connectivity index (χ4v) is 3.89. The highest BCUT2D eigenvalue weighted by Crippen LogP contribution is 2.19. The van der Waals surface area contributed by atoms with Gasteiger partial charge in [0.2, 0.25) is 10.0 Å². The van der Waals surface area contributed by atoms with Crippen molar-refractivity contribution in [3.8, 4) is 0 Å². The Morgan fingerprint density at radius 2 is 1.52 bits per heavy atom. The van der Waals surface area contributed by atoms with E-state index in [0.29, 0.717) is 23.0 Å². The Bertz CT molecular complexity index is 500. The van der Waals surface area contributed by atoms with E-state index in [4.69, 9.17) is 11.6 Å². The van der Waals surface area contributed by atoms with E-state index in [1.165, 1.54) is 25.7 Å². The van der Waals surface area contributed by atoms with E-state index in [9.17, 15) is 8.42 Å². The van der Waals surface area contributed by atoms with Crippen LogP contribution in [0.4, 0.5) is 0 Å². The van der Waals surface area contributed by atoms with E-state index in [-0.39, 0.29) is 0 Å². The highest BCUT2D eigenvalue weighted by molar-refractivity contribution is 7.89. The number of hydrogen-bond donors (Lipinski definition) is 0. The zero-order valence-corrected chi connectivity index (χ0v) is 14.6. The molecule has 0 bridgehead atoms. The first-order chi connectivity index (χ1) is 10.0. The van der Waals surface area contributed by atoms with Crippen molar-refractivity contribution in [2.45, 2.75) is 57.3 Å². The lowest BCUT2D eigenvalue weighted by atomic mass is 10.1. The molecule has 0 saturated heterocycles. The molecule has 0 N–H and O–H groups in total. The summed E-state index contributed by atoms with van der Waals surface area (Å²) in [5, 5.41) is 0.549. The van der Waals surface area contributed by atoms with Crippen LogP contribution >= 0.6 is 11.6 Å². The van der Waals surface area contributed by atoms with E-state index in [2.05, 4.69) is 6.92 Å². The highest BCUT2D eigenvalue weighted by atomic mass is 35.5. The van der Waals surface area contributed by atoms with Crippen molar-refractivity contribution in [3.05, 3.63) is 29.3 Å². The fraction of sp³-hybridized carbons (Fsp3) is 0.625. The summed E-state index contributed by atoms with van der Waals surface area (Å²) >= 11 is 5.81. The van der Waals surface area contributed by atoms with Gasteiger partial charge in [-0.15, -0.1) is 0 Å². The molecule has 5 heteroatoms. The summed E-state index contributed by atoms with van der Waals surface area (Å²) in [6.07, 6.45) is 6.93. The minimum absolute atomic E-state index is 0.319. The van der Waals surface area contributed by atoms with Crippen molar-refractivity contribution in [3.63, 3.8) is 0 Å². The number of sulfonamides is 1. The summed E-state index contributed by atoms with van der Waals surface area (Å²) in [6.45, 7) is 5.16. The molecule has 0 fully saturated rings. The first-order valence-corrected chi connectivity index (χ1v) is 9.60. The van der Waals surface area contributed by atoms with Gasteiger partial charge in [0, 0.05) is 18.1 Å². The largest absolute Gasteiger partial charge is 0.243 e. The Morgan fingerprint density at radius 3 is 2.10 bits per heavy atom. The summed E-state index contributed by atoms with van der Waals surface area (Å²) in [5.74, 6) is 0. The zero-order chi connectivity index (χ0) is 15.7. The Labute approximate surface area is 134 Å². The van der Waals surface area contributed by atoms with Gasteiger partial charge in [0.15, 0.2) is 0 Å². The first-order valence-electron chi connectivity index (χ1n) is 7.78. The molecule has 1 rings (SSSR count). The molecular formula is C16H26ClNO2S. The lowest BCUT2D eigenvalue weighted by Gasteiger charge is -2.20. The molecule has 0 saturated carbocycles. The minimum atomic E-state index is -3.39. The monoisotopic (exact) mass is 331 g/mol. The molecule has 0 amide bonds. The molecule has 0 unspecified atom stereocenters. The van der Waals surface area contributed by atoms with Crippen LogP contribution in [-0.4, -0.2) is 25.8 Å². The molecule has 0 aliphatic heterocycles. The summed E-state index contributed by atoms with van der Waals surface area (Å²) < 4.78 is 26.6. The van der Waals surface area contributed by atoms with Crippen LogP contribution in [0.3, 0.4) is 0 Å². The average molecular weight is 332 g/mol. The van der Waals surface area contributed by atoms with Crippen molar-refractivity contribution in [1.82, 2.24) is 4.31 Å². The topological polar surface area (TPSA) is 37.4 Å². The maximum atomic E-state index is 12.5. The number of hydrogen-bond acceptors (Lipinski definition) is 2. The molecule has 0 spiro atoms. The second-order valence-corrected chi connectivity index (χ2v) is 7.59. The molecule has 21 heavy (non-hydrogen) atoms. The van der Waals surface area contributed by atoms with E-state index in [0.717, 1.165) is 12.8 Å². The zero-order valence-electron chi connectivity index (χ0n) is 13.0. The summed E-state index contributed by atoms with van der Waals surface area (Å²) in [4.78, 5) is 0.319. The van der Waals surface area contributed by atoms with E-state index in [1.54, 1.807) is 28.6 Å². The lowest BCUT2D eigenvalue weighted by Crippen LogP contribution is -2.31. The van der Waals surface area contributed by atoms with Crippen molar-refractivity contribution >= 4 is 21.6 Å². The molecule has 1 aromatic rings. The number of halogens is 1. The van der Waals surface area contributed by atoms with Crippen LogP contribution in [-0.2, 0) is 10.0 Å². The van der Waals surface area contributed by atoms with Gasteiger partial charge in [-0.05, 0) is 30.7 Å². The predicted octanol–water partition coefficient (Wildman–Crippen LogP) is 4.71. The summed E-state index contributed by atoms with van der Waals surface area (Å²) in [5.41, 5.74) is 0. The van der Waals surface area contributed by atoms with Gasteiger partial charge in [-0.1, -0.05) is 57.6 Å². The lowest BCUT2D eigenvalue weighted by molar-refractivity contribution is 0.411. The molecule has 120 valence electrons. The van der Waals surface area contributed by atoms with E-state index in [1.807, 2.05) is 6.92 Å². The third-order valence-corrected chi connectivity index (χ3v) is 5.81. The Morgan fingerprint density at radius 1 is 0.952 bits per heavy atom. The Hall–Kier alpha value is -0.580. The molecule has 0 radical (unpaired) electrons. The molecule has 0 aromatic heterocycles. The van der Waals surface area contributed by atoms with E-state index < -0.39 is 10.0 Å². The quantitative estimate of drug-likeness (QED) is 0.582. The third-order valence-electron chi connectivity index (χ3n) is 3.57. The second-order valence-electron chi connectivity index (χ2n) is 5.22. The SMILES string of the molecule is CCCCCCCCN(CC)S(=O)(=O)c1ccc(Cl)cc1. The second kappa shape index (κ2) is 9.44. The van der Waals surface area contributed by atoms with Gasteiger partial charge in [0.25, 0.3) is 0 Å². The van der Waals surface area contributed by atoms with E-state index >= 15 is 0 Å².